The highest BCUT2D eigenvalue weighted by molar-refractivity contribution is 5.93. The number of carbonyl (C=O) groups is 1. The maximum absolute atomic E-state index is 13.2. The highest BCUT2D eigenvalue weighted by atomic mass is 16.5. The fourth-order valence-electron chi connectivity index (χ4n) is 4.71. The van der Waals surface area contributed by atoms with E-state index in [0.29, 0.717) is 17.9 Å². The molecule has 3 aromatic rings. The Labute approximate surface area is 199 Å². The molecule has 0 unspecified atom stereocenters. The highest BCUT2D eigenvalue weighted by Gasteiger charge is 2.31. The number of rotatable bonds is 8. The molecule has 4 rings (SSSR count). The van der Waals surface area contributed by atoms with Crippen molar-refractivity contribution in [2.24, 2.45) is 0 Å². The van der Waals surface area contributed by atoms with Crippen LogP contribution in [0.5, 0.6) is 11.5 Å². The number of nitriles is 1. The summed E-state index contributed by atoms with van der Waals surface area (Å²) in [4.78, 5) is 15.4. The van der Waals surface area contributed by atoms with Crippen molar-refractivity contribution in [1.82, 2.24) is 9.47 Å². The van der Waals surface area contributed by atoms with Gasteiger partial charge in [-0.3, -0.25) is 9.69 Å². The topological polar surface area (TPSA) is 92.7 Å². The second-order valence-electron chi connectivity index (χ2n) is 8.50. The van der Waals surface area contributed by atoms with Crippen LogP contribution in [0.25, 0.3) is 0 Å². The summed E-state index contributed by atoms with van der Waals surface area (Å²) in [5, 5.41) is 12.8. The van der Waals surface area contributed by atoms with Crippen molar-refractivity contribution in [1.29, 1.82) is 5.26 Å². The maximum atomic E-state index is 13.2. The SMILES string of the molecule is COc1ccc(OC)c([C@@H]2CCCN2CC(=O)Nc2c(C#N)c(C)c(C)n2Cc2ccco2)c1. The van der Waals surface area contributed by atoms with E-state index < -0.39 is 0 Å². The predicted octanol–water partition coefficient (Wildman–Crippen LogP) is 4.41. The number of likely N-dealkylation sites (tertiary alicyclic amines) is 1. The second kappa shape index (κ2) is 10.1. The van der Waals surface area contributed by atoms with E-state index in [-0.39, 0.29) is 18.5 Å². The number of anilines is 1. The average molecular weight is 463 g/mol. The van der Waals surface area contributed by atoms with Gasteiger partial charge in [0.15, 0.2) is 0 Å². The van der Waals surface area contributed by atoms with Crippen LogP contribution in [0.3, 0.4) is 0 Å². The predicted molar refractivity (Wildman–Crippen MR) is 128 cm³/mol. The number of nitrogens with zero attached hydrogens (tertiary/aromatic N) is 3. The first-order chi connectivity index (χ1) is 16.5. The van der Waals surface area contributed by atoms with Gasteiger partial charge in [0.05, 0.1) is 39.1 Å². The van der Waals surface area contributed by atoms with Crippen LogP contribution in [0.1, 0.15) is 47.0 Å². The minimum atomic E-state index is -0.163. The molecule has 8 heteroatoms. The van der Waals surface area contributed by atoms with Gasteiger partial charge < -0.3 is 23.8 Å². The molecule has 0 aliphatic carbocycles. The first-order valence-corrected chi connectivity index (χ1v) is 11.3. The van der Waals surface area contributed by atoms with Gasteiger partial charge in [-0.2, -0.15) is 5.26 Å². The van der Waals surface area contributed by atoms with Gasteiger partial charge in [0, 0.05) is 17.3 Å². The normalized spacial score (nSPS) is 15.8. The number of aromatic nitrogens is 1. The summed E-state index contributed by atoms with van der Waals surface area (Å²) in [6, 6.07) is 11.8. The highest BCUT2D eigenvalue weighted by Crippen LogP contribution is 2.39. The molecule has 3 heterocycles. The zero-order valence-electron chi connectivity index (χ0n) is 20.1. The Balaban J connectivity index is 1.56. The summed E-state index contributed by atoms with van der Waals surface area (Å²) in [6.45, 7) is 5.29. The van der Waals surface area contributed by atoms with Gasteiger partial charge in [0.25, 0.3) is 0 Å². The number of furan rings is 1. The third-order valence-electron chi connectivity index (χ3n) is 6.60. The van der Waals surface area contributed by atoms with E-state index in [0.717, 1.165) is 53.5 Å². The van der Waals surface area contributed by atoms with Crippen molar-refractivity contribution in [2.75, 3.05) is 32.6 Å². The number of ether oxygens (including phenoxy) is 2. The van der Waals surface area contributed by atoms with Crippen molar-refractivity contribution in [3.05, 3.63) is 64.7 Å². The lowest BCUT2D eigenvalue weighted by atomic mass is 10.0. The Kier molecular flexibility index (Phi) is 6.94. The largest absolute Gasteiger partial charge is 0.497 e. The van der Waals surface area contributed by atoms with Crippen LogP contribution < -0.4 is 14.8 Å². The fraction of sp³-hybridized carbons (Fsp3) is 0.385. The van der Waals surface area contributed by atoms with E-state index in [1.54, 1.807) is 20.5 Å². The van der Waals surface area contributed by atoms with E-state index in [9.17, 15) is 10.1 Å². The first kappa shape index (κ1) is 23.5. The van der Waals surface area contributed by atoms with Crippen LogP contribution >= 0.6 is 0 Å². The number of benzene rings is 1. The molecule has 1 saturated heterocycles. The molecular formula is C26H30N4O4. The van der Waals surface area contributed by atoms with Crippen LogP contribution in [0, 0.1) is 25.2 Å². The van der Waals surface area contributed by atoms with Gasteiger partial charge in [0.1, 0.15) is 29.1 Å². The van der Waals surface area contributed by atoms with E-state index in [4.69, 9.17) is 13.9 Å². The van der Waals surface area contributed by atoms with Gasteiger partial charge in [-0.25, -0.2) is 0 Å². The number of methoxy groups -OCH3 is 2. The molecule has 1 aliphatic rings. The molecule has 1 atom stereocenters. The second-order valence-corrected chi connectivity index (χ2v) is 8.50. The summed E-state index contributed by atoms with van der Waals surface area (Å²) in [5.41, 5.74) is 3.26. The Hall–Kier alpha value is -3.70. The van der Waals surface area contributed by atoms with Crippen LogP contribution in [0.15, 0.2) is 41.0 Å². The van der Waals surface area contributed by atoms with Gasteiger partial charge >= 0.3 is 0 Å². The van der Waals surface area contributed by atoms with Gasteiger partial charge in [-0.15, -0.1) is 0 Å². The van der Waals surface area contributed by atoms with Crippen molar-refractivity contribution in [3.63, 3.8) is 0 Å². The molecule has 0 spiro atoms. The lowest BCUT2D eigenvalue weighted by Crippen LogP contribution is -2.33. The molecule has 1 N–H and O–H groups in total. The summed E-state index contributed by atoms with van der Waals surface area (Å²) >= 11 is 0. The van der Waals surface area contributed by atoms with Crippen LogP contribution in [0.4, 0.5) is 5.82 Å². The van der Waals surface area contributed by atoms with Gasteiger partial charge in [-0.05, 0) is 69.1 Å². The minimum absolute atomic E-state index is 0.0459. The quantitative estimate of drug-likeness (QED) is 0.533. The van der Waals surface area contributed by atoms with Crippen LogP contribution in [0.2, 0.25) is 0 Å². The molecular weight excluding hydrogens is 432 g/mol. The molecule has 1 aliphatic heterocycles. The third kappa shape index (κ3) is 4.52. The molecule has 178 valence electrons. The standard InChI is InChI=1S/C26H30N4O4/c1-17-18(2)30(15-20-7-6-12-34-20)26(22(17)14-27)28-25(31)16-29-11-5-8-23(29)21-13-19(32-3)9-10-24(21)33-4/h6-7,9-10,12-13,23H,5,8,11,15-16H2,1-4H3,(H,28,31)/t23-/m0/s1. The van der Waals surface area contributed by atoms with Crippen LogP contribution in [-0.2, 0) is 11.3 Å². The van der Waals surface area contributed by atoms with E-state index in [2.05, 4.69) is 16.3 Å². The monoisotopic (exact) mass is 462 g/mol. The van der Waals surface area contributed by atoms with Crippen molar-refractivity contribution in [2.45, 2.75) is 39.3 Å². The Morgan fingerprint density at radius 3 is 2.76 bits per heavy atom. The molecule has 1 amide bonds. The minimum Gasteiger partial charge on any atom is -0.497 e. The molecule has 1 fully saturated rings. The van der Waals surface area contributed by atoms with Crippen molar-refractivity contribution < 1.29 is 18.7 Å². The fourth-order valence-corrected chi connectivity index (χ4v) is 4.71. The number of hydrogen-bond donors (Lipinski definition) is 1. The Morgan fingerprint density at radius 2 is 2.09 bits per heavy atom. The van der Waals surface area contributed by atoms with E-state index in [1.165, 1.54) is 0 Å². The van der Waals surface area contributed by atoms with Crippen LogP contribution in [-0.4, -0.2) is 42.7 Å². The van der Waals surface area contributed by atoms with E-state index >= 15 is 0 Å². The zero-order valence-corrected chi connectivity index (χ0v) is 20.1. The van der Waals surface area contributed by atoms with Crippen molar-refractivity contribution in [3.8, 4) is 17.6 Å². The summed E-state index contributed by atoms with van der Waals surface area (Å²) in [6.07, 6.45) is 3.52. The Morgan fingerprint density at radius 1 is 1.26 bits per heavy atom. The number of nitrogens with one attached hydrogen (secondary N) is 1. The van der Waals surface area contributed by atoms with Gasteiger partial charge in [-0.1, -0.05) is 0 Å². The number of hydrogen-bond acceptors (Lipinski definition) is 6. The summed E-state index contributed by atoms with van der Waals surface area (Å²) in [5.74, 6) is 2.63. The molecule has 0 radical (unpaired) electrons. The molecule has 0 saturated carbocycles. The van der Waals surface area contributed by atoms with Crippen molar-refractivity contribution >= 4 is 11.7 Å². The molecule has 1 aromatic carbocycles. The van der Waals surface area contributed by atoms with Gasteiger partial charge in [0.2, 0.25) is 5.91 Å². The summed E-state index contributed by atoms with van der Waals surface area (Å²) in [7, 11) is 3.29. The molecule has 34 heavy (non-hydrogen) atoms. The molecule has 8 nitrogen and oxygen atoms in total. The number of carbonyl (C=O) groups excluding carboxylic acids is 1. The number of amides is 1. The first-order valence-electron chi connectivity index (χ1n) is 11.3. The molecule has 2 aromatic heterocycles. The zero-order chi connectivity index (χ0) is 24.2. The Bertz CT molecular complexity index is 1210. The summed E-state index contributed by atoms with van der Waals surface area (Å²) < 4.78 is 18.4. The lowest BCUT2D eigenvalue weighted by molar-refractivity contribution is -0.117. The lowest BCUT2D eigenvalue weighted by Gasteiger charge is -2.26. The maximum Gasteiger partial charge on any atom is 0.239 e. The van der Waals surface area contributed by atoms with E-state index in [1.807, 2.05) is 48.7 Å². The molecule has 0 bridgehead atoms. The third-order valence-corrected chi connectivity index (χ3v) is 6.60. The smallest absolute Gasteiger partial charge is 0.239 e. The average Bonchev–Trinajstić information content (AvgIpc) is 3.57.